The zero-order chi connectivity index (χ0) is 16.2. The molecule has 0 fully saturated rings. The fourth-order valence-corrected chi connectivity index (χ4v) is 2.94. The molecule has 5 nitrogen and oxygen atoms in total. The van der Waals surface area contributed by atoms with Gasteiger partial charge in [-0.1, -0.05) is 24.3 Å². The van der Waals surface area contributed by atoms with Crippen molar-refractivity contribution in [3.8, 4) is 0 Å². The van der Waals surface area contributed by atoms with Gasteiger partial charge in [-0.25, -0.2) is 4.98 Å². The summed E-state index contributed by atoms with van der Waals surface area (Å²) in [6, 6.07) is 8.66. The van der Waals surface area contributed by atoms with Crippen molar-refractivity contribution in [3.05, 3.63) is 46.6 Å². The molecule has 0 amide bonds. The van der Waals surface area contributed by atoms with Gasteiger partial charge in [-0.3, -0.25) is 0 Å². The number of aromatic nitrogens is 2. The predicted molar refractivity (Wildman–Crippen MR) is 93.1 cm³/mol. The van der Waals surface area contributed by atoms with E-state index in [1.807, 2.05) is 6.92 Å². The first-order chi connectivity index (χ1) is 11.2. The zero-order valence-electron chi connectivity index (χ0n) is 14.1. The summed E-state index contributed by atoms with van der Waals surface area (Å²) in [5, 5.41) is 3.24. The van der Waals surface area contributed by atoms with Crippen LogP contribution in [0, 0.1) is 13.8 Å². The SMILES string of the molecule is COCCNc1nc(C)c(C)c(N2CCc3ccccc3C2)n1. The number of hydrogen-bond donors (Lipinski definition) is 1. The predicted octanol–water partition coefficient (Wildman–Crippen LogP) is 2.71. The average Bonchev–Trinajstić information content (AvgIpc) is 2.57. The topological polar surface area (TPSA) is 50.3 Å². The molecule has 0 saturated heterocycles. The van der Waals surface area contributed by atoms with E-state index >= 15 is 0 Å². The molecule has 0 saturated carbocycles. The Bertz CT molecular complexity index is 687. The summed E-state index contributed by atoms with van der Waals surface area (Å²) in [6.07, 6.45) is 1.06. The second-order valence-electron chi connectivity index (χ2n) is 5.94. The van der Waals surface area contributed by atoms with E-state index in [0.717, 1.165) is 36.6 Å². The molecule has 5 heteroatoms. The highest BCUT2D eigenvalue weighted by Gasteiger charge is 2.20. The van der Waals surface area contributed by atoms with Crippen molar-refractivity contribution in [2.75, 3.05) is 37.0 Å². The summed E-state index contributed by atoms with van der Waals surface area (Å²) in [6.45, 7) is 7.39. The van der Waals surface area contributed by atoms with Gasteiger partial charge in [-0.2, -0.15) is 4.98 Å². The van der Waals surface area contributed by atoms with Crippen LogP contribution in [0.1, 0.15) is 22.4 Å². The van der Waals surface area contributed by atoms with E-state index in [9.17, 15) is 0 Å². The van der Waals surface area contributed by atoms with Crippen LogP contribution in [0.2, 0.25) is 0 Å². The average molecular weight is 312 g/mol. The normalized spacial score (nSPS) is 13.8. The standard InChI is InChI=1S/C18H24N4O/c1-13-14(2)20-18(19-9-11-23-3)21-17(13)22-10-8-15-6-4-5-7-16(15)12-22/h4-7H,8-12H2,1-3H3,(H,19,20,21). The van der Waals surface area contributed by atoms with Crippen molar-refractivity contribution < 1.29 is 4.74 Å². The third-order valence-electron chi connectivity index (χ3n) is 4.38. The molecule has 0 bridgehead atoms. The van der Waals surface area contributed by atoms with Gasteiger partial charge in [0.15, 0.2) is 0 Å². The molecule has 1 aromatic heterocycles. The van der Waals surface area contributed by atoms with Gasteiger partial charge >= 0.3 is 0 Å². The summed E-state index contributed by atoms with van der Waals surface area (Å²) >= 11 is 0. The maximum Gasteiger partial charge on any atom is 0.224 e. The minimum Gasteiger partial charge on any atom is -0.383 e. The molecular formula is C18H24N4O. The maximum atomic E-state index is 5.07. The summed E-state index contributed by atoms with van der Waals surface area (Å²) in [5.74, 6) is 1.71. The number of hydrogen-bond acceptors (Lipinski definition) is 5. The van der Waals surface area contributed by atoms with Gasteiger partial charge < -0.3 is 15.0 Å². The molecule has 1 N–H and O–H groups in total. The second-order valence-corrected chi connectivity index (χ2v) is 5.94. The molecule has 0 atom stereocenters. The Hall–Kier alpha value is -2.14. The third-order valence-corrected chi connectivity index (χ3v) is 4.38. The zero-order valence-corrected chi connectivity index (χ0v) is 14.1. The first kappa shape index (κ1) is 15.7. The molecule has 122 valence electrons. The van der Waals surface area contributed by atoms with Gasteiger partial charge in [0.1, 0.15) is 5.82 Å². The summed E-state index contributed by atoms with van der Waals surface area (Å²) in [5.41, 5.74) is 5.02. The second kappa shape index (κ2) is 6.96. The van der Waals surface area contributed by atoms with E-state index in [4.69, 9.17) is 9.72 Å². The van der Waals surface area contributed by atoms with Crippen LogP contribution in [-0.2, 0) is 17.7 Å². The quantitative estimate of drug-likeness (QED) is 0.860. The molecule has 2 aromatic rings. The van der Waals surface area contributed by atoms with Gasteiger partial charge in [0.05, 0.1) is 6.61 Å². The van der Waals surface area contributed by atoms with E-state index in [1.54, 1.807) is 7.11 Å². The molecule has 0 spiro atoms. The van der Waals surface area contributed by atoms with E-state index < -0.39 is 0 Å². The first-order valence-corrected chi connectivity index (χ1v) is 8.09. The number of benzene rings is 1. The smallest absolute Gasteiger partial charge is 0.224 e. The number of fused-ring (bicyclic) bond motifs is 1. The fraction of sp³-hybridized carbons (Fsp3) is 0.444. The van der Waals surface area contributed by atoms with Crippen LogP contribution < -0.4 is 10.2 Å². The van der Waals surface area contributed by atoms with Gasteiger partial charge in [-0.05, 0) is 31.4 Å². The van der Waals surface area contributed by atoms with Crippen molar-refractivity contribution in [1.82, 2.24) is 9.97 Å². The van der Waals surface area contributed by atoms with E-state index in [-0.39, 0.29) is 0 Å². The molecule has 1 aliphatic heterocycles. The Morgan fingerprint density at radius 1 is 1.17 bits per heavy atom. The lowest BCUT2D eigenvalue weighted by Gasteiger charge is -2.31. The molecule has 0 aliphatic carbocycles. The fourth-order valence-electron chi connectivity index (χ4n) is 2.94. The number of ether oxygens (including phenoxy) is 1. The highest BCUT2D eigenvalue weighted by Crippen LogP contribution is 2.27. The molecule has 0 unspecified atom stereocenters. The highest BCUT2D eigenvalue weighted by atomic mass is 16.5. The van der Waals surface area contributed by atoms with Crippen molar-refractivity contribution in [2.24, 2.45) is 0 Å². The van der Waals surface area contributed by atoms with Crippen LogP contribution in [0.25, 0.3) is 0 Å². The number of rotatable bonds is 5. The molecule has 0 radical (unpaired) electrons. The lowest BCUT2D eigenvalue weighted by Crippen LogP contribution is -2.32. The molecule has 3 rings (SSSR count). The Balaban J connectivity index is 1.84. The monoisotopic (exact) mass is 312 g/mol. The van der Waals surface area contributed by atoms with E-state index in [2.05, 4.69) is 46.4 Å². The summed E-state index contributed by atoms with van der Waals surface area (Å²) in [7, 11) is 1.69. The van der Waals surface area contributed by atoms with Crippen LogP contribution in [0.4, 0.5) is 11.8 Å². The third kappa shape index (κ3) is 3.45. The number of methoxy groups -OCH3 is 1. The van der Waals surface area contributed by atoms with Crippen molar-refractivity contribution in [2.45, 2.75) is 26.8 Å². The van der Waals surface area contributed by atoms with Crippen LogP contribution in [0.5, 0.6) is 0 Å². The molecule has 23 heavy (non-hydrogen) atoms. The van der Waals surface area contributed by atoms with Gasteiger partial charge in [-0.15, -0.1) is 0 Å². The Morgan fingerprint density at radius 3 is 2.74 bits per heavy atom. The van der Waals surface area contributed by atoms with Crippen LogP contribution in [-0.4, -0.2) is 36.8 Å². The molecule has 2 heterocycles. The van der Waals surface area contributed by atoms with Crippen LogP contribution >= 0.6 is 0 Å². The summed E-state index contributed by atoms with van der Waals surface area (Å²) in [4.78, 5) is 11.6. The minimum absolute atomic E-state index is 0.642. The van der Waals surface area contributed by atoms with Crippen molar-refractivity contribution in [1.29, 1.82) is 0 Å². The van der Waals surface area contributed by atoms with Crippen LogP contribution in [0.15, 0.2) is 24.3 Å². The maximum absolute atomic E-state index is 5.07. The lowest BCUT2D eigenvalue weighted by molar-refractivity contribution is 0.210. The first-order valence-electron chi connectivity index (χ1n) is 8.09. The number of aryl methyl sites for hydroxylation is 1. The van der Waals surface area contributed by atoms with Crippen molar-refractivity contribution in [3.63, 3.8) is 0 Å². The molecule has 1 aromatic carbocycles. The van der Waals surface area contributed by atoms with E-state index in [0.29, 0.717) is 19.1 Å². The van der Waals surface area contributed by atoms with Gasteiger partial charge in [0, 0.05) is 38.0 Å². The lowest BCUT2D eigenvalue weighted by atomic mass is 9.99. The molecular weight excluding hydrogens is 288 g/mol. The number of nitrogens with one attached hydrogen (secondary N) is 1. The highest BCUT2D eigenvalue weighted by molar-refractivity contribution is 5.53. The van der Waals surface area contributed by atoms with Gasteiger partial charge in [0.2, 0.25) is 5.95 Å². The Morgan fingerprint density at radius 2 is 1.96 bits per heavy atom. The summed E-state index contributed by atoms with van der Waals surface area (Å²) < 4.78 is 5.07. The van der Waals surface area contributed by atoms with Crippen LogP contribution in [0.3, 0.4) is 0 Å². The minimum atomic E-state index is 0.642. The van der Waals surface area contributed by atoms with E-state index in [1.165, 1.54) is 11.1 Å². The number of anilines is 2. The Labute approximate surface area is 137 Å². The Kier molecular flexibility index (Phi) is 4.76. The molecule has 1 aliphatic rings. The van der Waals surface area contributed by atoms with Gasteiger partial charge in [0.25, 0.3) is 0 Å². The largest absolute Gasteiger partial charge is 0.383 e. The van der Waals surface area contributed by atoms with Crippen molar-refractivity contribution >= 4 is 11.8 Å². The number of nitrogens with zero attached hydrogens (tertiary/aromatic N) is 3.